The Labute approximate surface area is 101 Å². The predicted octanol–water partition coefficient (Wildman–Crippen LogP) is 2.48. The van der Waals surface area contributed by atoms with E-state index in [1.807, 2.05) is 0 Å². The molecule has 16 heavy (non-hydrogen) atoms. The van der Waals surface area contributed by atoms with E-state index in [1.165, 1.54) is 25.8 Å². The molecule has 0 aromatic carbocycles. The molecule has 0 aromatic heterocycles. The fourth-order valence-electron chi connectivity index (χ4n) is 3.90. The van der Waals surface area contributed by atoms with Crippen molar-refractivity contribution in [3.8, 4) is 0 Å². The van der Waals surface area contributed by atoms with Gasteiger partial charge in [-0.1, -0.05) is 27.7 Å². The molecule has 2 heteroatoms. The lowest BCUT2D eigenvalue weighted by Crippen LogP contribution is -2.43. The number of hydrogen-bond acceptors (Lipinski definition) is 2. The lowest BCUT2D eigenvalue weighted by Gasteiger charge is -2.43. The van der Waals surface area contributed by atoms with Crippen LogP contribution in [0, 0.1) is 17.3 Å². The molecule has 1 saturated heterocycles. The number of hydrogen-bond donors (Lipinski definition) is 1. The standard InChI is InChI=1S/C14H28N2/c1-10-5-12(7-14(3,4)6-10)16-8-11(2)13(15)9-16/h10-13H,5-9,15H2,1-4H3. The van der Waals surface area contributed by atoms with Crippen LogP contribution in [0.25, 0.3) is 0 Å². The Morgan fingerprint density at radius 3 is 2.31 bits per heavy atom. The largest absolute Gasteiger partial charge is 0.326 e. The summed E-state index contributed by atoms with van der Waals surface area (Å²) in [6, 6.07) is 1.19. The van der Waals surface area contributed by atoms with Crippen LogP contribution in [0.15, 0.2) is 0 Å². The van der Waals surface area contributed by atoms with Crippen molar-refractivity contribution in [2.45, 2.75) is 59.0 Å². The molecule has 4 atom stereocenters. The minimum atomic E-state index is 0.403. The molecule has 0 bridgehead atoms. The van der Waals surface area contributed by atoms with E-state index in [0.717, 1.165) is 18.5 Å². The maximum absolute atomic E-state index is 6.14. The van der Waals surface area contributed by atoms with Crippen LogP contribution in [0.1, 0.15) is 47.0 Å². The molecule has 2 fully saturated rings. The van der Waals surface area contributed by atoms with Crippen molar-refractivity contribution < 1.29 is 0 Å². The molecular weight excluding hydrogens is 196 g/mol. The van der Waals surface area contributed by atoms with Gasteiger partial charge >= 0.3 is 0 Å². The Morgan fingerprint density at radius 1 is 1.12 bits per heavy atom. The van der Waals surface area contributed by atoms with E-state index in [2.05, 4.69) is 32.6 Å². The average molecular weight is 224 g/mol. The molecule has 2 aliphatic rings. The highest BCUT2D eigenvalue weighted by molar-refractivity contribution is 4.93. The van der Waals surface area contributed by atoms with Gasteiger partial charge in [0.2, 0.25) is 0 Å². The van der Waals surface area contributed by atoms with Gasteiger partial charge in [-0.25, -0.2) is 0 Å². The molecule has 4 unspecified atom stereocenters. The fraction of sp³-hybridized carbons (Fsp3) is 1.00. The second kappa shape index (κ2) is 4.30. The van der Waals surface area contributed by atoms with Crippen molar-refractivity contribution in [1.29, 1.82) is 0 Å². The summed E-state index contributed by atoms with van der Waals surface area (Å²) in [5.41, 5.74) is 6.66. The molecule has 2 N–H and O–H groups in total. The molecule has 2 rings (SSSR count). The number of nitrogens with two attached hydrogens (primary N) is 1. The molecular formula is C14H28N2. The van der Waals surface area contributed by atoms with E-state index in [1.54, 1.807) is 0 Å². The maximum atomic E-state index is 6.14. The molecule has 1 saturated carbocycles. The Hall–Kier alpha value is -0.0800. The van der Waals surface area contributed by atoms with Crippen LogP contribution in [0.2, 0.25) is 0 Å². The minimum absolute atomic E-state index is 0.403. The zero-order chi connectivity index (χ0) is 11.9. The van der Waals surface area contributed by atoms with Gasteiger partial charge in [-0.15, -0.1) is 0 Å². The van der Waals surface area contributed by atoms with Crippen LogP contribution in [0.5, 0.6) is 0 Å². The monoisotopic (exact) mass is 224 g/mol. The van der Waals surface area contributed by atoms with Gasteiger partial charge in [0, 0.05) is 25.2 Å². The molecule has 1 aliphatic heterocycles. The Morgan fingerprint density at radius 2 is 1.81 bits per heavy atom. The van der Waals surface area contributed by atoms with Gasteiger partial charge in [-0.3, -0.25) is 4.90 Å². The van der Waals surface area contributed by atoms with E-state index in [-0.39, 0.29) is 0 Å². The van der Waals surface area contributed by atoms with Gasteiger partial charge in [0.15, 0.2) is 0 Å². The van der Waals surface area contributed by atoms with Crippen LogP contribution in [0.4, 0.5) is 0 Å². The lowest BCUT2D eigenvalue weighted by molar-refractivity contribution is 0.0795. The van der Waals surface area contributed by atoms with Crippen molar-refractivity contribution in [2.24, 2.45) is 23.0 Å². The van der Waals surface area contributed by atoms with Gasteiger partial charge in [0.25, 0.3) is 0 Å². The molecule has 0 spiro atoms. The summed E-state index contributed by atoms with van der Waals surface area (Å²) in [7, 11) is 0. The second-order valence-corrected chi connectivity index (χ2v) is 7.16. The number of likely N-dealkylation sites (tertiary alicyclic amines) is 1. The summed E-state index contributed by atoms with van der Waals surface area (Å²) >= 11 is 0. The normalized spacial score (nSPS) is 44.8. The summed E-state index contributed by atoms with van der Waals surface area (Å²) in [5.74, 6) is 1.56. The molecule has 2 nitrogen and oxygen atoms in total. The van der Waals surface area contributed by atoms with Gasteiger partial charge < -0.3 is 5.73 Å². The third-order valence-corrected chi connectivity index (χ3v) is 4.58. The van der Waals surface area contributed by atoms with Crippen LogP contribution < -0.4 is 5.73 Å². The third kappa shape index (κ3) is 2.60. The summed E-state index contributed by atoms with van der Waals surface area (Å²) in [6.45, 7) is 11.9. The fourth-order valence-corrected chi connectivity index (χ4v) is 3.90. The highest BCUT2D eigenvalue weighted by Crippen LogP contribution is 2.41. The average Bonchev–Trinajstić information content (AvgIpc) is 2.43. The Bertz CT molecular complexity index is 239. The minimum Gasteiger partial charge on any atom is -0.326 e. The maximum Gasteiger partial charge on any atom is 0.0206 e. The summed E-state index contributed by atoms with van der Waals surface area (Å²) in [4.78, 5) is 2.66. The Balaban J connectivity index is 1.99. The van der Waals surface area contributed by atoms with Crippen molar-refractivity contribution in [1.82, 2.24) is 4.90 Å². The smallest absolute Gasteiger partial charge is 0.0206 e. The molecule has 0 aromatic rings. The summed E-state index contributed by atoms with van der Waals surface area (Å²) in [6.07, 6.45) is 4.12. The van der Waals surface area contributed by atoms with Gasteiger partial charge in [0.1, 0.15) is 0 Å². The highest BCUT2D eigenvalue weighted by atomic mass is 15.2. The SMILES string of the molecule is CC1CC(N2CC(C)C(N)C2)CC(C)(C)C1. The molecule has 0 radical (unpaired) electrons. The van der Waals surface area contributed by atoms with Gasteiger partial charge in [0.05, 0.1) is 0 Å². The van der Waals surface area contributed by atoms with E-state index >= 15 is 0 Å². The number of rotatable bonds is 1. The van der Waals surface area contributed by atoms with Crippen molar-refractivity contribution >= 4 is 0 Å². The molecule has 94 valence electrons. The van der Waals surface area contributed by atoms with Crippen molar-refractivity contribution in [3.63, 3.8) is 0 Å². The first-order valence-electron chi connectivity index (χ1n) is 6.87. The van der Waals surface area contributed by atoms with Gasteiger partial charge in [-0.05, 0) is 36.5 Å². The second-order valence-electron chi connectivity index (χ2n) is 7.16. The quantitative estimate of drug-likeness (QED) is 0.741. The van der Waals surface area contributed by atoms with Crippen LogP contribution >= 0.6 is 0 Å². The first-order valence-corrected chi connectivity index (χ1v) is 6.87. The van der Waals surface area contributed by atoms with E-state index < -0.39 is 0 Å². The Kier molecular flexibility index (Phi) is 3.33. The zero-order valence-electron chi connectivity index (χ0n) is 11.4. The zero-order valence-corrected chi connectivity index (χ0v) is 11.4. The summed E-state index contributed by atoms with van der Waals surface area (Å²) < 4.78 is 0. The molecule has 0 amide bonds. The van der Waals surface area contributed by atoms with E-state index in [4.69, 9.17) is 5.73 Å². The van der Waals surface area contributed by atoms with Crippen molar-refractivity contribution in [3.05, 3.63) is 0 Å². The summed E-state index contributed by atoms with van der Waals surface area (Å²) in [5, 5.41) is 0. The lowest BCUT2D eigenvalue weighted by atomic mass is 9.70. The van der Waals surface area contributed by atoms with Crippen LogP contribution in [-0.2, 0) is 0 Å². The third-order valence-electron chi connectivity index (χ3n) is 4.58. The van der Waals surface area contributed by atoms with Gasteiger partial charge in [-0.2, -0.15) is 0 Å². The van der Waals surface area contributed by atoms with E-state index in [0.29, 0.717) is 17.4 Å². The number of nitrogens with zero attached hydrogens (tertiary/aromatic N) is 1. The van der Waals surface area contributed by atoms with E-state index in [9.17, 15) is 0 Å². The first-order chi connectivity index (χ1) is 7.37. The topological polar surface area (TPSA) is 29.3 Å². The molecule has 1 aliphatic carbocycles. The first kappa shape index (κ1) is 12.4. The highest BCUT2D eigenvalue weighted by Gasteiger charge is 2.38. The van der Waals surface area contributed by atoms with Crippen molar-refractivity contribution in [2.75, 3.05) is 13.1 Å². The molecule has 1 heterocycles. The van der Waals surface area contributed by atoms with Crippen LogP contribution in [0.3, 0.4) is 0 Å². The predicted molar refractivity (Wildman–Crippen MR) is 69.3 cm³/mol. The van der Waals surface area contributed by atoms with Crippen LogP contribution in [-0.4, -0.2) is 30.1 Å².